The molecule has 0 N–H and O–H groups in total. The lowest BCUT2D eigenvalue weighted by atomic mass is 10.1. The summed E-state index contributed by atoms with van der Waals surface area (Å²) in [7, 11) is -1.94. The van der Waals surface area contributed by atoms with Crippen molar-refractivity contribution in [3.63, 3.8) is 0 Å². The van der Waals surface area contributed by atoms with E-state index in [1.165, 1.54) is 4.31 Å². The lowest BCUT2D eigenvalue weighted by Gasteiger charge is -2.16. The molecular formula is C16H19N3O3S. The van der Waals surface area contributed by atoms with E-state index in [1.807, 2.05) is 13.0 Å². The normalized spacial score (nSPS) is 19.0. The van der Waals surface area contributed by atoms with Gasteiger partial charge < -0.3 is 4.74 Å². The zero-order valence-electron chi connectivity index (χ0n) is 13.1. The van der Waals surface area contributed by atoms with Gasteiger partial charge in [0.1, 0.15) is 11.6 Å². The molecule has 0 amide bonds. The van der Waals surface area contributed by atoms with Crippen LogP contribution in [0.3, 0.4) is 0 Å². The molecule has 7 heteroatoms. The van der Waals surface area contributed by atoms with Gasteiger partial charge in [-0.25, -0.2) is 18.4 Å². The van der Waals surface area contributed by atoms with Crippen molar-refractivity contribution in [1.29, 1.82) is 0 Å². The molecule has 2 heterocycles. The summed E-state index contributed by atoms with van der Waals surface area (Å²) in [5.41, 5.74) is 0.895. The van der Waals surface area contributed by atoms with Crippen LogP contribution in [-0.4, -0.2) is 42.9 Å². The van der Waals surface area contributed by atoms with E-state index in [9.17, 15) is 8.42 Å². The number of hydrogen-bond donors (Lipinski definition) is 0. The molecule has 1 fully saturated rings. The van der Waals surface area contributed by atoms with Gasteiger partial charge >= 0.3 is 0 Å². The van der Waals surface area contributed by atoms with Gasteiger partial charge in [0, 0.05) is 30.9 Å². The number of hydrogen-bond acceptors (Lipinski definition) is 5. The maximum Gasteiger partial charge on any atom is 0.243 e. The third-order valence-corrected chi connectivity index (χ3v) is 5.91. The first-order chi connectivity index (χ1) is 11.0. The summed E-state index contributed by atoms with van der Waals surface area (Å²) >= 11 is 0. The van der Waals surface area contributed by atoms with Crippen LogP contribution in [0, 0.1) is 6.92 Å². The van der Waals surface area contributed by atoms with Crippen molar-refractivity contribution >= 4 is 10.0 Å². The molecule has 3 rings (SSSR count). The van der Waals surface area contributed by atoms with Gasteiger partial charge in [-0.2, -0.15) is 4.31 Å². The molecule has 1 aromatic carbocycles. The van der Waals surface area contributed by atoms with Gasteiger partial charge in [-0.1, -0.05) is 0 Å². The Labute approximate surface area is 136 Å². The Balaban J connectivity index is 1.79. The van der Waals surface area contributed by atoms with Gasteiger partial charge in [-0.15, -0.1) is 0 Å². The number of aromatic nitrogens is 2. The Morgan fingerprint density at radius 1 is 1.22 bits per heavy atom. The van der Waals surface area contributed by atoms with Crippen molar-refractivity contribution in [2.75, 3.05) is 20.2 Å². The van der Waals surface area contributed by atoms with Crippen LogP contribution in [0.1, 0.15) is 23.9 Å². The first-order valence-electron chi connectivity index (χ1n) is 7.44. The number of ether oxygens (including phenoxy) is 1. The van der Waals surface area contributed by atoms with E-state index in [4.69, 9.17) is 4.74 Å². The Hall–Kier alpha value is -1.99. The predicted molar refractivity (Wildman–Crippen MR) is 85.9 cm³/mol. The molecule has 0 aliphatic carbocycles. The topological polar surface area (TPSA) is 72.4 Å². The summed E-state index contributed by atoms with van der Waals surface area (Å²) in [6.07, 6.45) is 2.46. The van der Waals surface area contributed by atoms with Gasteiger partial charge in [-0.05, 0) is 43.7 Å². The average Bonchev–Trinajstić information content (AvgIpc) is 3.06. The summed E-state index contributed by atoms with van der Waals surface area (Å²) in [6.45, 7) is 2.81. The van der Waals surface area contributed by atoms with Gasteiger partial charge in [0.2, 0.25) is 10.0 Å². The highest BCUT2D eigenvalue weighted by Gasteiger charge is 2.34. The third kappa shape index (κ3) is 3.20. The summed E-state index contributed by atoms with van der Waals surface area (Å²) < 4.78 is 32.0. The van der Waals surface area contributed by atoms with E-state index >= 15 is 0 Å². The lowest BCUT2D eigenvalue weighted by Crippen LogP contribution is -2.28. The van der Waals surface area contributed by atoms with E-state index in [0.717, 1.165) is 17.9 Å². The van der Waals surface area contributed by atoms with Gasteiger partial charge in [0.25, 0.3) is 0 Å². The molecule has 23 heavy (non-hydrogen) atoms. The van der Waals surface area contributed by atoms with Gasteiger partial charge in [0.05, 0.1) is 12.0 Å². The molecule has 0 radical (unpaired) electrons. The van der Waals surface area contributed by atoms with Crippen molar-refractivity contribution in [2.45, 2.75) is 24.2 Å². The number of aryl methyl sites for hydroxylation is 1. The van der Waals surface area contributed by atoms with Crippen LogP contribution in [-0.2, 0) is 10.0 Å². The molecule has 0 saturated carbocycles. The van der Waals surface area contributed by atoms with Crippen molar-refractivity contribution < 1.29 is 13.2 Å². The van der Waals surface area contributed by atoms with Gasteiger partial charge in [0.15, 0.2) is 0 Å². The highest BCUT2D eigenvalue weighted by atomic mass is 32.2. The Morgan fingerprint density at radius 2 is 1.96 bits per heavy atom. The van der Waals surface area contributed by atoms with Crippen LogP contribution in [0.15, 0.2) is 41.4 Å². The average molecular weight is 333 g/mol. The number of rotatable bonds is 4. The molecule has 0 bridgehead atoms. The van der Waals surface area contributed by atoms with Crippen molar-refractivity contribution in [1.82, 2.24) is 14.3 Å². The minimum atomic E-state index is -3.49. The standard InChI is InChI=1S/C16H19N3O3S/c1-12-7-9-17-16(18-12)13-8-10-19(11-13)23(20,21)15-5-3-14(22-2)4-6-15/h3-7,9,13H,8,10-11H2,1-2H3/t13-/m0/s1. The first-order valence-corrected chi connectivity index (χ1v) is 8.88. The van der Waals surface area contributed by atoms with Crippen LogP contribution < -0.4 is 4.74 Å². The second-order valence-corrected chi connectivity index (χ2v) is 7.52. The molecule has 1 aliphatic rings. The van der Waals surface area contributed by atoms with Crippen LogP contribution >= 0.6 is 0 Å². The lowest BCUT2D eigenvalue weighted by molar-refractivity contribution is 0.414. The molecule has 1 saturated heterocycles. The van der Waals surface area contributed by atoms with E-state index < -0.39 is 10.0 Å². The fourth-order valence-electron chi connectivity index (χ4n) is 2.72. The van der Waals surface area contributed by atoms with E-state index in [0.29, 0.717) is 18.8 Å². The van der Waals surface area contributed by atoms with E-state index in [1.54, 1.807) is 37.6 Å². The second kappa shape index (κ2) is 6.25. The second-order valence-electron chi connectivity index (χ2n) is 5.58. The summed E-state index contributed by atoms with van der Waals surface area (Å²) in [5.74, 6) is 1.40. The Bertz CT molecular complexity index is 790. The minimum Gasteiger partial charge on any atom is -0.497 e. The summed E-state index contributed by atoms with van der Waals surface area (Å²) in [4.78, 5) is 8.98. The predicted octanol–water partition coefficient (Wildman–Crippen LogP) is 1.97. The van der Waals surface area contributed by atoms with Crippen LogP contribution in [0.5, 0.6) is 5.75 Å². The zero-order chi connectivity index (χ0) is 16.4. The number of sulfonamides is 1. The van der Waals surface area contributed by atoms with Crippen LogP contribution in [0.25, 0.3) is 0 Å². The van der Waals surface area contributed by atoms with Crippen molar-refractivity contribution in [3.05, 3.63) is 48.0 Å². The fourth-order valence-corrected chi connectivity index (χ4v) is 4.22. The Morgan fingerprint density at radius 3 is 2.61 bits per heavy atom. The molecule has 1 aromatic heterocycles. The molecular weight excluding hydrogens is 314 g/mol. The maximum atomic E-state index is 12.7. The van der Waals surface area contributed by atoms with Gasteiger partial charge in [-0.3, -0.25) is 0 Å². The SMILES string of the molecule is COc1ccc(S(=O)(=O)N2CC[C@H](c3nccc(C)n3)C2)cc1. The smallest absolute Gasteiger partial charge is 0.243 e. The monoisotopic (exact) mass is 333 g/mol. The largest absolute Gasteiger partial charge is 0.497 e. The van der Waals surface area contributed by atoms with E-state index in [-0.39, 0.29) is 10.8 Å². The molecule has 1 atom stereocenters. The van der Waals surface area contributed by atoms with Crippen LogP contribution in [0.2, 0.25) is 0 Å². The molecule has 0 unspecified atom stereocenters. The van der Waals surface area contributed by atoms with Crippen molar-refractivity contribution in [2.24, 2.45) is 0 Å². The van der Waals surface area contributed by atoms with Crippen molar-refractivity contribution in [3.8, 4) is 5.75 Å². The molecule has 1 aliphatic heterocycles. The molecule has 6 nitrogen and oxygen atoms in total. The zero-order valence-corrected chi connectivity index (χ0v) is 14.0. The highest BCUT2D eigenvalue weighted by molar-refractivity contribution is 7.89. The van der Waals surface area contributed by atoms with E-state index in [2.05, 4.69) is 9.97 Å². The molecule has 0 spiro atoms. The number of methoxy groups -OCH3 is 1. The highest BCUT2D eigenvalue weighted by Crippen LogP contribution is 2.29. The number of benzene rings is 1. The number of nitrogens with zero attached hydrogens (tertiary/aromatic N) is 3. The van der Waals surface area contributed by atoms with Crippen LogP contribution in [0.4, 0.5) is 0 Å². The summed E-state index contributed by atoms with van der Waals surface area (Å²) in [5, 5.41) is 0. The minimum absolute atomic E-state index is 0.0444. The quantitative estimate of drug-likeness (QED) is 0.855. The molecule has 122 valence electrons. The fraction of sp³-hybridized carbons (Fsp3) is 0.375. The summed E-state index contributed by atoms with van der Waals surface area (Å²) in [6, 6.07) is 8.30. The maximum absolute atomic E-state index is 12.7. The third-order valence-electron chi connectivity index (χ3n) is 4.03. The Kier molecular flexibility index (Phi) is 4.32. The molecule has 2 aromatic rings. The first kappa shape index (κ1) is 15.9.